The van der Waals surface area contributed by atoms with Crippen LogP contribution in [0.4, 0.5) is 0 Å². The van der Waals surface area contributed by atoms with Gasteiger partial charge < -0.3 is 10.3 Å². The number of aryl methyl sites for hydroxylation is 1. The Hall–Kier alpha value is -1.16. The maximum atomic E-state index is 12.3. The molecule has 1 fully saturated rings. The van der Waals surface area contributed by atoms with Crippen LogP contribution < -0.4 is 5.73 Å². The van der Waals surface area contributed by atoms with Crippen molar-refractivity contribution in [3.8, 4) is 0 Å². The Morgan fingerprint density at radius 2 is 2.38 bits per heavy atom. The van der Waals surface area contributed by atoms with Crippen molar-refractivity contribution in [3.63, 3.8) is 0 Å². The minimum atomic E-state index is -0.739. The van der Waals surface area contributed by atoms with E-state index in [0.717, 1.165) is 25.8 Å². The van der Waals surface area contributed by atoms with Crippen molar-refractivity contribution in [1.29, 1.82) is 0 Å². The van der Waals surface area contributed by atoms with Crippen LogP contribution in [0.15, 0.2) is 12.4 Å². The highest BCUT2D eigenvalue weighted by molar-refractivity contribution is 6.00. The Kier molecular flexibility index (Phi) is 2.84. The lowest BCUT2D eigenvalue weighted by Gasteiger charge is -2.22. The highest BCUT2D eigenvalue weighted by Gasteiger charge is 2.45. The molecule has 0 radical (unpaired) electrons. The van der Waals surface area contributed by atoms with Crippen LogP contribution in [-0.4, -0.2) is 20.9 Å². The van der Waals surface area contributed by atoms with Crippen LogP contribution in [0, 0.1) is 5.92 Å². The minimum absolute atomic E-state index is 0.0200. The smallest absolute Gasteiger partial charge is 0.217 e. The Balaban J connectivity index is 2.22. The SMILES string of the molecule is CCCn1ccnc1C(=O)C(C)(N)C1CC1. The summed E-state index contributed by atoms with van der Waals surface area (Å²) in [7, 11) is 0. The summed E-state index contributed by atoms with van der Waals surface area (Å²) < 4.78 is 1.90. The zero-order chi connectivity index (χ0) is 11.8. The molecule has 2 N–H and O–H groups in total. The average Bonchev–Trinajstić information content (AvgIpc) is 3.00. The molecule has 4 heteroatoms. The van der Waals surface area contributed by atoms with E-state index in [2.05, 4.69) is 11.9 Å². The van der Waals surface area contributed by atoms with Gasteiger partial charge in [0.05, 0.1) is 5.54 Å². The summed E-state index contributed by atoms with van der Waals surface area (Å²) in [6.07, 6.45) is 6.63. The number of hydrogen-bond donors (Lipinski definition) is 1. The quantitative estimate of drug-likeness (QED) is 0.768. The molecule has 2 rings (SSSR count). The van der Waals surface area contributed by atoms with E-state index in [1.165, 1.54) is 0 Å². The molecule has 4 nitrogen and oxygen atoms in total. The third-order valence-electron chi connectivity index (χ3n) is 3.30. The molecule has 1 aliphatic rings. The fraction of sp³-hybridized carbons (Fsp3) is 0.667. The van der Waals surface area contributed by atoms with E-state index < -0.39 is 5.54 Å². The third kappa shape index (κ3) is 1.89. The lowest BCUT2D eigenvalue weighted by Crippen LogP contribution is -2.48. The third-order valence-corrected chi connectivity index (χ3v) is 3.30. The van der Waals surface area contributed by atoms with E-state index in [0.29, 0.717) is 11.7 Å². The molecule has 88 valence electrons. The van der Waals surface area contributed by atoms with Gasteiger partial charge in [0.25, 0.3) is 0 Å². The van der Waals surface area contributed by atoms with Gasteiger partial charge in [-0.05, 0) is 32.1 Å². The van der Waals surface area contributed by atoms with Crippen LogP contribution >= 0.6 is 0 Å². The number of carbonyl (C=O) groups is 1. The van der Waals surface area contributed by atoms with Gasteiger partial charge >= 0.3 is 0 Å². The van der Waals surface area contributed by atoms with Crippen molar-refractivity contribution in [2.75, 3.05) is 0 Å². The standard InChI is InChI=1S/C12H19N3O/c1-3-7-15-8-6-14-11(15)10(16)12(2,13)9-4-5-9/h6,8-9H,3-5,7,13H2,1-2H3. The van der Waals surface area contributed by atoms with Crippen LogP contribution in [0.25, 0.3) is 0 Å². The van der Waals surface area contributed by atoms with Gasteiger partial charge in [0.15, 0.2) is 5.82 Å². The van der Waals surface area contributed by atoms with Crippen molar-refractivity contribution in [1.82, 2.24) is 9.55 Å². The molecule has 1 aromatic heterocycles. The van der Waals surface area contributed by atoms with E-state index in [1.807, 2.05) is 17.7 Å². The molecule has 0 amide bonds. The van der Waals surface area contributed by atoms with E-state index in [1.54, 1.807) is 6.20 Å². The van der Waals surface area contributed by atoms with E-state index >= 15 is 0 Å². The largest absolute Gasteiger partial charge is 0.328 e. The normalized spacial score (nSPS) is 19.4. The fourth-order valence-electron chi connectivity index (χ4n) is 2.05. The lowest BCUT2D eigenvalue weighted by atomic mass is 9.91. The number of ketones is 1. The zero-order valence-corrected chi connectivity index (χ0v) is 9.94. The Bertz CT molecular complexity index is 391. The van der Waals surface area contributed by atoms with E-state index in [4.69, 9.17) is 5.73 Å². The monoisotopic (exact) mass is 221 g/mol. The van der Waals surface area contributed by atoms with Gasteiger partial charge in [-0.15, -0.1) is 0 Å². The number of nitrogens with zero attached hydrogens (tertiary/aromatic N) is 2. The summed E-state index contributed by atoms with van der Waals surface area (Å²) in [5, 5.41) is 0. The second-order valence-corrected chi connectivity index (χ2v) is 4.83. The predicted octanol–water partition coefficient (Wildman–Crippen LogP) is 1.60. The van der Waals surface area contributed by atoms with Crippen LogP contribution in [-0.2, 0) is 6.54 Å². The Labute approximate surface area is 95.9 Å². The first kappa shape index (κ1) is 11.3. The van der Waals surface area contributed by atoms with Gasteiger partial charge in [-0.3, -0.25) is 4.79 Å². The van der Waals surface area contributed by atoms with Gasteiger partial charge in [0.1, 0.15) is 0 Å². The van der Waals surface area contributed by atoms with E-state index in [9.17, 15) is 4.79 Å². The lowest BCUT2D eigenvalue weighted by molar-refractivity contribution is 0.0867. The van der Waals surface area contributed by atoms with Crippen LogP contribution in [0.2, 0.25) is 0 Å². The Morgan fingerprint density at radius 3 is 2.94 bits per heavy atom. The molecule has 1 heterocycles. The van der Waals surface area contributed by atoms with Crippen LogP contribution in [0.1, 0.15) is 43.7 Å². The number of Topliss-reactive ketones (excluding diaryl/α,β-unsaturated/α-hetero) is 1. The van der Waals surface area contributed by atoms with Crippen molar-refractivity contribution < 1.29 is 4.79 Å². The summed E-state index contributed by atoms with van der Waals surface area (Å²) >= 11 is 0. The van der Waals surface area contributed by atoms with Crippen LogP contribution in [0.5, 0.6) is 0 Å². The minimum Gasteiger partial charge on any atom is -0.328 e. The molecular weight excluding hydrogens is 202 g/mol. The number of imidazole rings is 1. The molecule has 16 heavy (non-hydrogen) atoms. The number of nitrogens with two attached hydrogens (primary N) is 1. The fourth-order valence-corrected chi connectivity index (χ4v) is 2.05. The summed E-state index contributed by atoms with van der Waals surface area (Å²) in [5.41, 5.74) is 5.38. The second-order valence-electron chi connectivity index (χ2n) is 4.83. The summed E-state index contributed by atoms with van der Waals surface area (Å²) in [6.45, 7) is 4.73. The molecule has 0 aromatic carbocycles. The molecular formula is C12H19N3O. The summed E-state index contributed by atoms with van der Waals surface area (Å²) in [6, 6.07) is 0. The molecule has 1 unspecified atom stereocenters. The van der Waals surface area contributed by atoms with Crippen molar-refractivity contribution >= 4 is 5.78 Å². The average molecular weight is 221 g/mol. The summed E-state index contributed by atoms with van der Waals surface area (Å²) in [4.78, 5) is 16.4. The number of rotatable bonds is 5. The maximum Gasteiger partial charge on any atom is 0.217 e. The first-order chi connectivity index (χ1) is 7.57. The highest BCUT2D eigenvalue weighted by Crippen LogP contribution is 2.39. The highest BCUT2D eigenvalue weighted by atomic mass is 16.1. The van der Waals surface area contributed by atoms with Crippen LogP contribution in [0.3, 0.4) is 0 Å². The first-order valence-corrected chi connectivity index (χ1v) is 5.92. The number of carbonyl (C=O) groups excluding carboxylic acids is 1. The molecule has 1 aromatic rings. The summed E-state index contributed by atoms with van der Waals surface area (Å²) in [5.74, 6) is 0.832. The van der Waals surface area contributed by atoms with Gasteiger partial charge in [0.2, 0.25) is 5.78 Å². The topological polar surface area (TPSA) is 60.9 Å². The van der Waals surface area contributed by atoms with Gasteiger partial charge in [0, 0.05) is 18.9 Å². The first-order valence-electron chi connectivity index (χ1n) is 5.92. The van der Waals surface area contributed by atoms with E-state index in [-0.39, 0.29) is 5.78 Å². The molecule has 0 aliphatic heterocycles. The molecule has 1 aliphatic carbocycles. The maximum absolute atomic E-state index is 12.3. The molecule has 0 bridgehead atoms. The molecule has 0 spiro atoms. The molecule has 0 saturated heterocycles. The van der Waals surface area contributed by atoms with Crippen molar-refractivity contribution in [2.45, 2.75) is 45.2 Å². The predicted molar refractivity (Wildman–Crippen MR) is 62.2 cm³/mol. The molecule has 1 saturated carbocycles. The number of hydrogen-bond acceptors (Lipinski definition) is 3. The van der Waals surface area contributed by atoms with Crippen molar-refractivity contribution in [2.24, 2.45) is 11.7 Å². The second kappa shape index (κ2) is 4.01. The Morgan fingerprint density at radius 1 is 1.69 bits per heavy atom. The zero-order valence-electron chi connectivity index (χ0n) is 9.94. The number of aromatic nitrogens is 2. The van der Waals surface area contributed by atoms with Crippen molar-refractivity contribution in [3.05, 3.63) is 18.2 Å². The van der Waals surface area contributed by atoms with Gasteiger partial charge in [-0.25, -0.2) is 4.98 Å². The van der Waals surface area contributed by atoms with Gasteiger partial charge in [-0.2, -0.15) is 0 Å². The molecule has 1 atom stereocenters. The van der Waals surface area contributed by atoms with Gasteiger partial charge in [-0.1, -0.05) is 6.92 Å².